The van der Waals surface area contributed by atoms with Gasteiger partial charge in [-0.1, -0.05) is 6.92 Å². The molecule has 1 fully saturated rings. The molecule has 4 nitrogen and oxygen atoms in total. The van der Waals surface area contributed by atoms with Gasteiger partial charge in [0.2, 0.25) is 0 Å². The second-order valence-corrected chi connectivity index (χ2v) is 5.89. The van der Waals surface area contributed by atoms with Crippen LogP contribution in [0, 0.1) is 12.8 Å². The molecule has 108 valence electrons. The number of nitrogens with one attached hydrogen (secondary N) is 2. The van der Waals surface area contributed by atoms with Crippen molar-refractivity contribution >= 4 is 0 Å². The van der Waals surface area contributed by atoms with Crippen LogP contribution in [0.4, 0.5) is 0 Å². The van der Waals surface area contributed by atoms with E-state index >= 15 is 0 Å². The van der Waals surface area contributed by atoms with Gasteiger partial charge in [0, 0.05) is 30.4 Å². The summed E-state index contributed by atoms with van der Waals surface area (Å²) in [6, 6.07) is 0.578. The summed E-state index contributed by atoms with van der Waals surface area (Å²) in [6.45, 7) is 11.4. The van der Waals surface area contributed by atoms with Gasteiger partial charge in [-0.2, -0.15) is 5.10 Å². The third-order valence-electron chi connectivity index (χ3n) is 4.34. The fourth-order valence-electron chi connectivity index (χ4n) is 3.01. The molecule has 2 unspecified atom stereocenters. The van der Waals surface area contributed by atoms with Crippen molar-refractivity contribution in [3.05, 3.63) is 17.5 Å². The maximum atomic E-state index is 4.08. The summed E-state index contributed by atoms with van der Waals surface area (Å²) < 4.78 is 0. The number of aromatic amines is 1. The molecule has 1 aromatic rings. The van der Waals surface area contributed by atoms with E-state index < -0.39 is 0 Å². The molecule has 1 saturated heterocycles. The summed E-state index contributed by atoms with van der Waals surface area (Å²) in [6.07, 6.45) is 5.90. The lowest BCUT2D eigenvalue weighted by molar-refractivity contribution is 0.150. The molecule has 2 atom stereocenters. The van der Waals surface area contributed by atoms with Crippen LogP contribution in [0.5, 0.6) is 0 Å². The highest BCUT2D eigenvalue weighted by Gasteiger charge is 2.23. The van der Waals surface area contributed by atoms with Gasteiger partial charge < -0.3 is 10.2 Å². The Morgan fingerprint density at radius 1 is 1.58 bits per heavy atom. The maximum Gasteiger partial charge on any atom is 0.0535 e. The first-order valence-corrected chi connectivity index (χ1v) is 7.65. The molecule has 0 spiro atoms. The van der Waals surface area contributed by atoms with Crippen molar-refractivity contribution in [3.8, 4) is 0 Å². The Hall–Kier alpha value is -0.870. The van der Waals surface area contributed by atoms with Crippen LogP contribution in [0.25, 0.3) is 0 Å². The van der Waals surface area contributed by atoms with E-state index in [2.05, 4.69) is 41.2 Å². The van der Waals surface area contributed by atoms with Crippen LogP contribution in [0.1, 0.15) is 44.4 Å². The topological polar surface area (TPSA) is 44.0 Å². The Morgan fingerprint density at radius 3 is 3.11 bits per heavy atom. The van der Waals surface area contributed by atoms with Gasteiger partial charge in [-0.05, 0) is 52.1 Å². The van der Waals surface area contributed by atoms with Crippen LogP contribution in [0.15, 0.2) is 6.20 Å². The van der Waals surface area contributed by atoms with Crippen molar-refractivity contribution in [2.75, 3.05) is 19.6 Å². The predicted molar refractivity (Wildman–Crippen MR) is 79.1 cm³/mol. The number of H-pyrrole nitrogens is 1. The summed E-state index contributed by atoms with van der Waals surface area (Å²) in [5, 5.41) is 10.7. The van der Waals surface area contributed by atoms with E-state index in [4.69, 9.17) is 0 Å². The fraction of sp³-hybridized carbons (Fsp3) is 0.800. The van der Waals surface area contributed by atoms with E-state index in [0.717, 1.165) is 12.5 Å². The molecule has 0 bridgehead atoms. The molecule has 0 radical (unpaired) electrons. The average molecular weight is 264 g/mol. The van der Waals surface area contributed by atoms with Crippen molar-refractivity contribution in [2.45, 2.75) is 52.6 Å². The van der Waals surface area contributed by atoms with E-state index in [1.165, 1.54) is 50.2 Å². The molecule has 0 aromatic carbocycles. The molecule has 2 heterocycles. The summed E-state index contributed by atoms with van der Waals surface area (Å²) in [5.41, 5.74) is 2.46. The van der Waals surface area contributed by atoms with Gasteiger partial charge in [0.25, 0.3) is 0 Å². The highest BCUT2D eigenvalue weighted by Crippen LogP contribution is 2.20. The van der Waals surface area contributed by atoms with Gasteiger partial charge in [-0.15, -0.1) is 0 Å². The Morgan fingerprint density at radius 2 is 2.42 bits per heavy atom. The van der Waals surface area contributed by atoms with E-state index in [1.54, 1.807) is 0 Å². The number of piperidine rings is 1. The van der Waals surface area contributed by atoms with E-state index in [1.807, 2.05) is 6.20 Å². The number of likely N-dealkylation sites (tertiary alicyclic amines) is 1. The molecule has 19 heavy (non-hydrogen) atoms. The highest BCUT2D eigenvalue weighted by atomic mass is 15.1. The smallest absolute Gasteiger partial charge is 0.0535 e. The molecule has 0 saturated carbocycles. The van der Waals surface area contributed by atoms with Crippen molar-refractivity contribution in [2.24, 2.45) is 5.92 Å². The molecule has 2 rings (SSSR count). The number of hydrogen-bond acceptors (Lipinski definition) is 3. The molecule has 2 N–H and O–H groups in total. The number of aromatic nitrogens is 2. The Labute approximate surface area is 117 Å². The first kappa shape index (κ1) is 14.5. The molecular weight excluding hydrogens is 236 g/mol. The molecule has 1 aliphatic heterocycles. The Kier molecular flexibility index (Phi) is 5.40. The molecule has 4 heteroatoms. The summed E-state index contributed by atoms with van der Waals surface area (Å²) in [4.78, 5) is 2.62. The van der Waals surface area contributed by atoms with Crippen molar-refractivity contribution in [1.82, 2.24) is 20.4 Å². The zero-order chi connectivity index (χ0) is 13.7. The van der Waals surface area contributed by atoms with Crippen molar-refractivity contribution in [1.29, 1.82) is 0 Å². The molecule has 0 amide bonds. The second kappa shape index (κ2) is 7.06. The van der Waals surface area contributed by atoms with Gasteiger partial charge >= 0.3 is 0 Å². The number of rotatable bonds is 6. The SMILES string of the molecule is CCCN1CCCC(C(C)NCc2cn[nH]c2C)C1. The average Bonchev–Trinajstić information content (AvgIpc) is 2.82. The van der Waals surface area contributed by atoms with Crippen molar-refractivity contribution in [3.63, 3.8) is 0 Å². The first-order valence-electron chi connectivity index (χ1n) is 7.65. The van der Waals surface area contributed by atoms with Gasteiger partial charge in [0.05, 0.1) is 6.20 Å². The van der Waals surface area contributed by atoms with Crippen LogP contribution < -0.4 is 5.32 Å². The normalized spacial score (nSPS) is 22.6. The Balaban J connectivity index is 1.79. The van der Waals surface area contributed by atoms with Crippen LogP contribution in [-0.2, 0) is 6.54 Å². The number of nitrogens with zero attached hydrogens (tertiary/aromatic N) is 2. The molecule has 0 aliphatic carbocycles. The van der Waals surface area contributed by atoms with Crippen LogP contribution in [0.3, 0.4) is 0 Å². The fourth-order valence-corrected chi connectivity index (χ4v) is 3.01. The van der Waals surface area contributed by atoms with Crippen LogP contribution >= 0.6 is 0 Å². The lowest BCUT2D eigenvalue weighted by atomic mass is 9.91. The zero-order valence-electron chi connectivity index (χ0n) is 12.6. The molecule has 1 aliphatic rings. The summed E-state index contributed by atoms with van der Waals surface area (Å²) in [7, 11) is 0. The largest absolute Gasteiger partial charge is 0.310 e. The lowest BCUT2D eigenvalue weighted by Gasteiger charge is -2.36. The number of aryl methyl sites for hydroxylation is 1. The lowest BCUT2D eigenvalue weighted by Crippen LogP contribution is -2.44. The first-order chi connectivity index (χ1) is 9.20. The van der Waals surface area contributed by atoms with E-state index in [0.29, 0.717) is 6.04 Å². The third-order valence-corrected chi connectivity index (χ3v) is 4.34. The van der Waals surface area contributed by atoms with E-state index in [9.17, 15) is 0 Å². The number of hydrogen-bond donors (Lipinski definition) is 2. The molecular formula is C15H28N4. The van der Waals surface area contributed by atoms with Gasteiger partial charge in [0.1, 0.15) is 0 Å². The summed E-state index contributed by atoms with van der Waals surface area (Å²) in [5.74, 6) is 0.785. The van der Waals surface area contributed by atoms with E-state index in [-0.39, 0.29) is 0 Å². The standard InChI is InChI=1S/C15H28N4/c1-4-7-19-8-5-6-14(11-19)12(2)16-9-15-10-17-18-13(15)3/h10,12,14,16H,4-9,11H2,1-3H3,(H,17,18). The zero-order valence-corrected chi connectivity index (χ0v) is 12.6. The predicted octanol–water partition coefficient (Wildman–Crippen LogP) is 2.32. The second-order valence-electron chi connectivity index (χ2n) is 5.89. The Bertz CT molecular complexity index is 372. The minimum atomic E-state index is 0.578. The molecule has 1 aromatic heterocycles. The van der Waals surface area contributed by atoms with Gasteiger partial charge in [-0.3, -0.25) is 5.10 Å². The monoisotopic (exact) mass is 264 g/mol. The minimum Gasteiger partial charge on any atom is -0.310 e. The summed E-state index contributed by atoms with van der Waals surface area (Å²) >= 11 is 0. The van der Waals surface area contributed by atoms with Crippen LogP contribution in [0.2, 0.25) is 0 Å². The highest BCUT2D eigenvalue weighted by molar-refractivity contribution is 5.13. The third kappa shape index (κ3) is 4.05. The van der Waals surface area contributed by atoms with Gasteiger partial charge in [0.15, 0.2) is 0 Å². The van der Waals surface area contributed by atoms with Crippen molar-refractivity contribution < 1.29 is 0 Å². The maximum absolute atomic E-state index is 4.08. The minimum absolute atomic E-state index is 0.578. The van der Waals surface area contributed by atoms with Gasteiger partial charge in [-0.25, -0.2) is 0 Å². The quantitative estimate of drug-likeness (QED) is 0.829. The van der Waals surface area contributed by atoms with Crippen LogP contribution in [-0.4, -0.2) is 40.8 Å².